The van der Waals surface area contributed by atoms with Gasteiger partial charge in [-0.25, -0.2) is 0 Å². The fourth-order valence-corrected chi connectivity index (χ4v) is 6.37. The van der Waals surface area contributed by atoms with Crippen molar-refractivity contribution in [3.8, 4) is 34.1 Å². The number of benzene rings is 2. The summed E-state index contributed by atoms with van der Waals surface area (Å²) in [5.41, 5.74) is 4.17. The van der Waals surface area contributed by atoms with Crippen molar-refractivity contribution in [1.29, 1.82) is 0 Å². The summed E-state index contributed by atoms with van der Waals surface area (Å²) in [6, 6.07) is 13.8. The summed E-state index contributed by atoms with van der Waals surface area (Å²) in [6.07, 6.45) is 1.16. The second-order valence-corrected chi connectivity index (χ2v) is 11.5. The van der Waals surface area contributed by atoms with Crippen LogP contribution < -0.4 is 39.9 Å². The molecular weight excluding hydrogens is 588 g/mol. The summed E-state index contributed by atoms with van der Waals surface area (Å²) in [5.74, 6) is 1.96. The third-order valence-electron chi connectivity index (χ3n) is 8.69. The molecule has 3 aromatic carbocycles. The average molecular weight is 631 g/mol. The van der Waals surface area contributed by atoms with Crippen LogP contribution in [0.25, 0.3) is 11.1 Å². The Morgan fingerprint density at radius 2 is 1.57 bits per heavy atom. The van der Waals surface area contributed by atoms with Crippen LogP contribution in [-0.2, 0) is 16.0 Å². The van der Waals surface area contributed by atoms with E-state index in [4.69, 9.17) is 18.9 Å². The van der Waals surface area contributed by atoms with Crippen molar-refractivity contribution < 1.29 is 28.5 Å². The van der Waals surface area contributed by atoms with E-state index in [0.29, 0.717) is 61.8 Å². The van der Waals surface area contributed by atoms with Gasteiger partial charge in [0.2, 0.25) is 23.0 Å². The predicted octanol–water partition coefficient (Wildman–Crippen LogP) is 4.02. The van der Waals surface area contributed by atoms with Crippen molar-refractivity contribution in [1.82, 2.24) is 10.2 Å². The maximum atomic E-state index is 13.7. The van der Waals surface area contributed by atoms with Crippen molar-refractivity contribution in [2.75, 3.05) is 64.8 Å². The number of amides is 2. The summed E-state index contributed by atoms with van der Waals surface area (Å²) in [6.45, 7) is 5.76. The number of nitrogens with one attached hydrogen (secondary N) is 2. The highest BCUT2D eigenvalue weighted by Crippen LogP contribution is 2.50. The van der Waals surface area contributed by atoms with Crippen LogP contribution in [0.2, 0.25) is 0 Å². The molecule has 0 bridgehead atoms. The van der Waals surface area contributed by atoms with Crippen LogP contribution in [0.5, 0.6) is 23.0 Å². The zero-order valence-corrected chi connectivity index (χ0v) is 27.3. The number of methoxy groups -OCH3 is 4. The minimum atomic E-state index is -0.639. The molecule has 0 aromatic heterocycles. The first-order chi connectivity index (χ1) is 22.2. The largest absolute Gasteiger partial charge is 0.497 e. The van der Waals surface area contributed by atoms with E-state index in [2.05, 4.69) is 15.5 Å². The third kappa shape index (κ3) is 6.54. The van der Waals surface area contributed by atoms with Crippen LogP contribution in [0.4, 0.5) is 11.4 Å². The molecule has 2 N–H and O–H groups in total. The van der Waals surface area contributed by atoms with Gasteiger partial charge in [-0.05, 0) is 78.9 Å². The van der Waals surface area contributed by atoms with Crippen LogP contribution in [-0.4, -0.2) is 77.4 Å². The molecule has 0 radical (unpaired) electrons. The first kappa shape index (κ1) is 32.5. The highest BCUT2D eigenvalue weighted by molar-refractivity contribution is 5.86. The van der Waals surface area contributed by atoms with Gasteiger partial charge in [-0.2, -0.15) is 0 Å². The van der Waals surface area contributed by atoms with Gasteiger partial charge in [0.25, 0.3) is 0 Å². The fraction of sp³-hybridized carbons (Fsp3) is 0.400. The summed E-state index contributed by atoms with van der Waals surface area (Å²) in [4.78, 5) is 43.5. The fourth-order valence-electron chi connectivity index (χ4n) is 6.37. The van der Waals surface area contributed by atoms with Crippen molar-refractivity contribution in [3.63, 3.8) is 0 Å². The number of hydrogen-bond donors (Lipinski definition) is 2. The first-order valence-corrected chi connectivity index (χ1v) is 15.4. The average Bonchev–Trinajstić information content (AvgIpc) is 3.31. The minimum absolute atomic E-state index is 0.0816. The van der Waals surface area contributed by atoms with Crippen LogP contribution in [0.15, 0.2) is 53.3 Å². The van der Waals surface area contributed by atoms with Crippen LogP contribution in [0, 0.1) is 0 Å². The molecule has 244 valence electrons. The van der Waals surface area contributed by atoms with Crippen molar-refractivity contribution >= 4 is 23.2 Å². The molecule has 46 heavy (non-hydrogen) atoms. The van der Waals surface area contributed by atoms with E-state index in [1.165, 1.54) is 6.92 Å². The maximum absolute atomic E-state index is 13.7. The molecule has 1 aliphatic carbocycles. The van der Waals surface area contributed by atoms with E-state index < -0.39 is 12.1 Å². The predicted molar refractivity (Wildman–Crippen MR) is 178 cm³/mol. The molecule has 0 saturated carbocycles. The minimum Gasteiger partial charge on any atom is -0.497 e. The Kier molecular flexibility index (Phi) is 9.89. The number of rotatable bonds is 9. The van der Waals surface area contributed by atoms with E-state index >= 15 is 0 Å². The van der Waals surface area contributed by atoms with Gasteiger partial charge in [0, 0.05) is 44.4 Å². The summed E-state index contributed by atoms with van der Waals surface area (Å²) >= 11 is 0. The molecule has 11 nitrogen and oxygen atoms in total. The van der Waals surface area contributed by atoms with Crippen molar-refractivity contribution in [3.05, 3.63) is 69.9 Å². The zero-order chi connectivity index (χ0) is 33.0. The molecular formula is C35H42N4O7. The normalized spacial score (nSPS) is 16.3. The number of fused-ring (bicyclic) bond motifs is 3. The lowest BCUT2D eigenvalue weighted by Gasteiger charge is -2.37. The second-order valence-electron chi connectivity index (χ2n) is 11.5. The van der Waals surface area contributed by atoms with Crippen molar-refractivity contribution in [2.45, 2.75) is 38.8 Å². The zero-order valence-electron chi connectivity index (χ0n) is 27.3. The molecule has 1 fully saturated rings. The van der Waals surface area contributed by atoms with E-state index in [1.54, 1.807) is 47.5 Å². The number of hydrogen-bond acceptors (Lipinski definition) is 9. The highest BCUT2D eigenvalue weighted by atomic mass is 16.5. The Hall–Kier alpha value is -4.93. The Morgan fingerprint density at radius 1 is 0.870 bits per heavy atom. The quantitative estimate of drug-likeness (QED) is 0.362. The molecule has 2 aliphatic rings. The van der Waals surface area contributed by atoms with Crippen LogP contribution >= 0.6 is 0 Å². The molecule has 0 spiro atoms. The number of nitrogens with zero attached hydrogens (tertiary/aromatic N) is 2. The van der Waals surface area contributed by atoms with E-state index in [9.17, 15) is 14.4 Å². The molecule has 2 amide bonds. The maximum Gasteiger partial charge on any atom is 0.244 e. The van der Waals surface area contributed by atoms with Crippen LogP contribution in [0.3, 0.4) is 0 Å². The molecule has 5 rings (SSSR count). The number of carbonyl (C=O) groups is 2. The van der Waals surface area contributed by atoms with E-state index in [1.807, 2.05) is 41.3 Å². The van der Waals surface area contributed by atoms with Gasteiger partial charge in [-0.15, -0.1) is 0 Å². The lowest BCUT2D eigenvalue weighted by molar-refractivity contribution is -0.132. The van der Waals surface area contributed by atoms with Crippen LogP contribution in [0.1, 0.15) is 37.4 Å². The molecule has 1 heterocycles. The third-order valence-corrected chi connectivity index (χ3v) is 8.69. The molecule has 11 heteroatoms. The molecule has 1 saturated heterocycles. The number of piperazine rings is 1. The van der Waals surface area contributed by atoms with Gasteiger partial charge in [-0.3, -0.25) is 14.4 Å². The SMILES string of the molecule is COc1ccc(N2CCN(C(=O)[C@H](C)Nc3ccc4c(cc3=O)[C@@H](NC(C)=O)CCc3cc(OC)c(OC)c(OC)c3-4)CC2)cc1. The van der Waals surface area contributed by atoms with Gasteiger partial charge in [0.15, 0.2) is 11.5 Å². The van der Waals surface area contributed by atoms with E-state index in [0.717, 1.165) is 28.1 Å². The number of anilines is 2. The molecule has 2 atom stereocenters. The van der Waals surface area contributed by atoms with Gasteiger partial charge in [0.05, 0.1) is 40.2 Å². The van der Waals surface area contributed by atoms with Crippen molar-refractivity contribution in [2.24, 2.45) is 0 Å². The first-order valence-electron chi connectivity index (χ1n) is 15.4. The lowest BCUT2D eigenvalue weighted by Crippen LogP contribution is -2.52. The lowest BCUT2D eigenvalue weighted by atomic mass is 9.95. The van der Waals surface area contributed by atoms with Gasteiger partial charge in [0.1, 0.15) is 11.8 Å². The standard InChI is InChI=1S/C35H42N4O7/c1-21(35(42)39-17-15-38(16-18-39)24-8-10-25(43-3)11-9-24)36-29-14-12-26-27(20-30(29)41)28(37-22(2)40)13-7-23-19-31(44-4)33(45-5)34(46-6)32(23)26/h8-12,14,19-21,28H,7,13,15-18H2,1-6H3,(H,36,41)(H,37,40)/t21-,28-/m0/s1. The monoisotopic (exact) mass is 630 g/mol. The highest BCUT2D eigenvalue weighted by Gasteiger charge is 2.30. The second kappa shape index (κ2) is 14.0. The Labute approximate surface area is 269 Å². The Balaban J connectivity index is 1.43. The topological polar surface area (TPSA) is 119 Å². The molecule has 0 unspecified atom stereocenters. The number of aryl methyl sites for hydroxylation is 1. The molecule has 1 aliphatic heterocycles. The Morgan fingerprint density at radius 3 is 2.17 bits per heavy atom. The molecule has 3 aromatic rings. The summed E-state index contributed by atoms with van der Waals surface area (Å²) in [5, 5.41) is 6.19. The number of carbonyl (C=O) groups excluding carboxylic acids is 2. The van der Waals surface area contributed by atoms with Gasteiger partial charge >= 0.3 is 0 Å². The van der Waals surface area contributed by atoms with E-state index in [-0.39, 0.29) is 22.9 Å². The summed E-state index contributed by atoms with van der Waals surface area (Å²) < 4.78 is 22.4. The summed E-state index contributed by atoms with van der Waals surface area (Å²) in [7, 11) is 6.32. The van der Waals surface area contributed by atoms with Gasteiger partial charge < -0.3 is 39.4 Å². The van der Waals surface area contributed by atoms with Gasteiger partial charge in [-0.1, -0.05) is 6.07 Å². The smallest absolute Gasteiger partial charge is 0.244 e. The number of ether oxygens (including phenoxy) is 4. The Bertz CT molecular complexity index is 1650.